The molecule has 1 aromatic rings. The van der Waals surface area contributed by atoms with Gasteiger partial charge < -0.3 is 0 Å². The fraction of sp³-hybridized carbons (Fsp3) is 0.333. The van der Waals surface area contributed by atoms with Crippen LogP contribution in [0.4, 0.5) is 0 Å². The van der Waals surface area contributed by atoms with Gasteiger partial charge >= 0.3 is 6.00 Å². The third-order valence-electron chi connectivity index (χ3n) is 1.87. The molecule has 0 amide bonds. The maximum absolute atomic E-state index is 5.80. The van der Waals surface area contributed by atoms with Crippen LogP contribution in [0.15, 0.2) is 24.3 Å². The molecule has 0 spiro atoms. The van der Waals surface area contributed by atoms with Gasteiger partial charge in [0.1, 0.15) is 0 Å². The molecule has 0 aromatic heterocycles. The second-order valence-electron chi connectivity index (χ2n) is 3.07. The summed E-state index contributed by atoms with van der Waals surface area (Å²) in [4.78, 5) is 0. The van der Waals surface area contributed by atoms with Crippen molar-refractivity contribution in [2.75, 3.05) is 0 Å². The Balaban J connectivity index is 2.52. The standard InChI is InChI=1S/C9H10BrCl3Si/c10-7-9-3-1-8(2-4-9)5-6-14(11,12)13/h1-4H,5-7H2. The highest BCUT2D eigenvalue weighted by molar-refractivity contribution is 9.08. The van der Waals surface area contributed by atoms with Gasteiger partial charge in [0, 0.05) is 5.33 Å². The first-order valence-electron chi connectivity index (χ1n) is 4.22. The van der Waals surface area contributed by atoms with Crippen molar-refractivity contribution in [3.05, 3.63) is 35.4 Å². The highest BCUT2D eigenvalue weighted by Crippen LogP contribution is 2.26. The zero-order valence-corrected chi connectivity index (χ0v) is 12.3. The maximum Gasteiger partial charge on any atom is 0.341 e. The minimum absolute atomic E-state index is 0.686. The van der Waals surface area contributed by atoms with Crippen LogP contribution in [0.25, 0.3) is 0 Å². The molecule has 5 heteroatoms. The van der Waals surface area contributed by atoms with E-state index in [0.29, 0.717) is 6.04 Å². The number of halogens is 4. The summed E-state index contributed by atoms with van der Waals surface area (Å²) in [5, 5.41) is 0.881. The fourth-order valence-corrected chi connectivity index (χ4v) is 2.88. The smallest absolute Gasteiger partial charge is 0.126 e. The molecule has 0 aliphatic carbocycles. The highest BCUT2D eigenvalue weighted by atomic mass is 79.9. The van der Waals surface area contributed by atoms with E-state index in [9.17, 15) is 0 Å². The zero-order chi connectivity index (χ0) is 10.6. The summed E-state index contributed by atoms with van der Waals surface area (Å²) in [6, 6.07) is 6.58. The van der Waals surface area contributed by atoms with Crippen LogP contribution in [0, 0.1) is 0 Å². The lowest BCUT2D eigenvalue weighted by Gasteiger charge is -2.07. The summed E-state index contributed by atoms with van der Waals surface area (Å²) >= 11 is 20.8. The average Bonchev–Trinajstić information content (AvgIpc) is 2.14. The van der Waals surface area contributed by atoms with E-state index in [0.717, 1.165) is 11.8 Å². The Kier molecular flexibility index (Phi) is 5.29. The molecule has 0 radical (unpaired) electrons. The van der Waals surface area contributed by atoms with Crippen LogP contribution in [-0.4, -0.2) is 6.00 Å². The molecule has 0 bridgehead atoms. The van der Waals surface area contributed by atoms with E-state index in [-0.39, 0.29) is 0 Å². The number of alkyl halides is 1. The van der Waals surface area contributed by atoms with Crippen molar-refractivity contribution >= 4 is 55.2 Å². The molecule has 0 fully saturated rings. The van der Waals surface area contributed by atoms with Gasteiger partial charge in [-0.2, -0.15) is 0 Å². The zero-order valence-electron chi connectivity index (χ0n) is 7.44. The van der Waals surface area contributed by atoms with E-state index in [2.05, 4.69) is 40.2 Å². The van der Waals surface area contributed by atoms with Crippen LogP contribution in [0.3, 0.4) is 0 Å². The minimum atomic E-state index is -2.45. The lowest BCUT2D eigenvalue weighted by Crippen LogP contribution is -2.09. The number of rotatable bonds is 4. The molecule has 0 unspecified atom stereocenters. The molecule has 1 aromatic carbocycles. The molecule has 0 saturated heterocycles. The van der Waals surface area contributed by atoms with Crippen LogP contribution in [0.1, 0.15) is 11.1 Å². The van der Waals surface area contributed by atoms with Crippen LogP contribution < -0.4 is 0 Å². The maximum atomic E-state index is 5.80. The van der Waals surface area contributed by atoms with Gasteiger partial charge in [-0.25, -0.2) is 0 Å². The van der Waals surface area contributed by atoms with E-state index < -0.39 is 6.00 Å². The normalized spacial score (nSPS) is 11.7. The minimum Gasteiger partial charge on any atom is -0.126 e. The van der Waals surface area contributed by atoms with Gasteiger partial charge in [-0.05, 0) is 23.6 Å². The fourth-order valence-electron chi connectivity index (χ4n) is 1.08. The predicted molar refractivity (Wildman–Crippen MR) is 70.9 cm³/mol. The van der Waals surface area contributed by atoms with E-state index in [4.69, 9.17) is 33.2 Å². The Bertz CT molecular complexity index is 281. The SMILES string of the molecule is Cl[Si](Cl)(Cl)CCc1ccc(CBr)cc1. The summed E-state index contributed by atoms with van der Waals surface area (Å²) in [6.07, 6.45) is 0.852. The topological polar surface area (TPSA) is 0 Å². The van der Waals surface area contributed by atoms with Gasteiger partial charge in [-0.3, -0.25) is 0 Å². The van der Waals surface area contributed by atoms with Crippen LogP contribution >= 0.6 is 49.2 Å². The number of benzene rings is 1. The third-order valence-corrected chi connectivity index (χ3v) is 5.04. The molecule has 0 N–H and O–H groups in total. The van der Waals surface area contributed by atoms with Crippen molar-refractivity contribution < 1.29 is 0 Å². The van der Waals surface area contributed by atoms with Crippen LogP contribution in [0.2, 0.25) is 6.04 Å². The second kappa shape index (κ2) is 5.76. The van der Waals surface area contributed by atoms with E-state index in [1.165, 1.54) is 11.1 Å². The second-order valence-corrected chi connectivity index (χ2v) is 12.9. The molecule has 0 heterocycles. The molecule has 0 nitrogen and oxygen atoms in total. The lowest BCUT2D eigenvalue weighted by molar-refractivity contribution is 1.12. The summed E-state index contributed by atoms with van der Waals surface area (Å²) in [7, 11) is 0. The van der Waals surface area contributed by atoms with Crippen molar-refractivity contribution in [2.45, 2.75) is 17.8 Å². The van der Waals surface area contributed by atoms with Gasteiger partial charge in [-0.1, -0.05) is 40.2 Å². The first-order chi connectivity index (χ1) is 6.51. The summed E-state index contributed by atoms with van der Waals surface area (Å²) in [5.74, 6) is 0. The molecule has 0 saturated carbocycles. The van der Waals surface area contributed by atoms with E-state index in [1.54, 1.807) is 0 Å². The van der Waals surface area contributed by atoms with E-state index >= 15 is 0 Å². The molecule has 1 rings (SSSR count). The molecule has 0 atom stereocenters. The monoisotopic (exact) mass is 330 g/mol. The van der Waals surface area contributed by atoms with Crippen molar-refractivity contribution in [3.8, 4) is 0 Å². The Labute approximate surface area is 108 Å². The summed E-state index contributed by atoms with van der Waals surface area (Å²) < 4.78 is 0. The Morgan fingerprint density at radius 1 is 1.00 bits per heavy atom. The number of hydrogen-bond donors (Lipinski definition) is 0. The lowest BCUT2D eigenvalue weighted by atomic mass is 10.1. The van der Waals surface area contributed by atoms with E-state index in [1.807, 2.05) is 0 Å². The first kappa shape index (κ1) is 12.9. The summed E-state index contributed by atoms with van der Waals surface area (Å²) in [5.41, 5.74) is 2.49. The Morgan fingerprint density at radius 3 is 1.93 bits per heavy atom. The molecule has 14 heavy (non-hydrogen) atoms. The third kappa shape index (κ3) is 5.03. The van der Waals surface area contributed by atoms with Gasteiger partial charge in [0.2, 0.25) is 0 Å². The van der Waals surface area contributed by atoms with Crippen molar-refractivity contribution in [3.63, 3.8) is 0 Å². The first-order valence-corrected chi connectivity index (χ1v) is 10.6. The highest BCUT2D eigenvalue weighted by Gasteiger charge is 2.23. The average molecular weight is 333 g/mol. The predicted octanol–water partition coefficient (Wildman–Crippen LogP) is 4.78. The largest absolute Gasteiger partial charge is 0.341 e. The molecule has 78 valence electrons. The van der Waals surface area contributed by atoms with Crippen molar-refractivity contribution in [1.29, 1.82) is 0 Å². The van der Waals surface area contributed by atoms with Gasteiger partial charge in [0.25, 0.3) is 0 Å². The quantitative estimate of drug-likeness (QED) is 0.423. The van der Waals surface area contributed by atoms with Gasteiger partial charge in [0.15, 0.2) is 0 Å². The molecule has 0 aliphatic rings. The van der Waals surface area contributed by atoms with Crippen molar-refractivity contribution in [2.24, 2.45) is 0 Å². The van der Waals surface area contributed by atoms with Crippen molar-refractivity contribution in [1.82, 2.24) is 0 Å². The Morgan fingerprint density at radius 2 is 1.50 bits per heavy atom. The number of aryl methyl sites for hydroxylation is 1. The van der Waals surface area contributed by atoms with Gasteiger partial charge in [0.05, 0.1) is 0 Å². The van der Waals surface area contributed by atoms with Crippen LogP contribution in [-0.2, 0) is 11.8 Å². The van der Waals surface area contributed by atoms with Gasteiger partial charge in [-0.15, -0.1) is 33.2 Å². The van der Waals surface area contributed by atoms with Crippen LogP contribution in [0.5, 0.6) is 0 Å². The Hall–Kier alpha value is 0.787. The number of hydrogen-bond acceptors (Lipinski definition) is 0. The molecular formula is C9H10BrCl3Si. The summed E-state index contributed by atoms with van der Waals surface area (Å²) in [6.45, 7) is 0. The molecule has 0 aliphatic heterocycles. The molecular weight excluding hydrogens is 322 g/mol.